The monoisotopic (exact) mass is 445 g/mol. The van der Waals surface area contributed by atoms with Crippen molar-refractivity contribution in [3.8, 4) is 0 Å². The molecule has 8 heteroatoms. The molecule has 1 saturated heterocycles. The minimum absolute atomic E-state index is 0.302. The number of imidazole rings is 1. The van der Waals surface area contributed by atoms with Crippen molar-refractivity contribution in [3.05, 3.63) is 53.9 Å². The number of nitrogens with zero attached hydrogens (tertiary/aromatic N) is 3. The first-order valence-corrected chi connectivity index (χ1v) is 12.7. The van der Waals surface area contributed by atoms with Gasteiger partial charge in [0.25, 0.3) is 0 Å². The summed E-state index contributed by atoms with van der Waals surface area (Å²) in [6.45, 7) is 6.74. The summed E-state index contributed by atoms with van der Waals surface area (Å²) >= 11 is 1.75. The molecule has 1 aromatic heterocycles. The zero-order chi connectivity index (χ0) is 21.1. The molecule has 0 N–H and O–H groups in total. The molecule has 4 rings (SSSR count). The summed E-state index contributed by atoms with van der Waals surface area (Å²) in [6, 6.07) is 13.8. The lowest BCUT2D eigenvalue weighted by molar-refractivity contribution is 0.0730. The average Bonchev–Trinajstić information content (AvgIpc) is 3.11. The second kappa shape index (κ2) is 9.09. The molecule has 3 aromatic rings. The smallest absolute Gasteiger partial charge is 0.243 e. The van der Waals surface area contributed by atoms with Crippen LogP contribution in [0.25, 0.3) is 11.0 Å². The van der Waals surface area contributed by atoms with E-state index in [4.69, 9.17) is 9.72 Å². The molecular formula is C22H27N3O3S2. The summed E-state index contributed by atoms with van der Waals surface area (Å²) in [4.78, 5) is 6.32. The largest absolute Gasteiger partial charge is 0.379 e. The van der Waals surface area contributed by atoms with Crippen molar-refractivity contribution >= 4 is 32.8 Å². The minimum atomic E-state index is -3.53. The van der Waals surface area contributed by atoms with Gasteiger partial charge in [-0.25, -0.2) is 13.4 Å². The molecule has 0 bridgehead atoms. The molecule has 2 heterocycles. The highest BCUT2D eigenvalue weighted by molar-refractivity contribution is 7.98. The molecule has 1 aliphatic rings. The third kappa shape index (κ3) is 4.42. The van der Waals surface area contributed by atoms with E-state index < -0.39 is 10.0 Å². The molecule has 0 unspecified atom stereocenters. The predicted octanol–water partition coefficient (Wildman–Crippen LogP) is 4.07. The van der Waals surface area contributed by atoms with Crippen molar-refractivity contribution < 1.29 is 13.2 Å². The number of rotatable bonds is 7. The minimum Gasteiger partial charge on any atom is -0.379 e. The van der Waals surface area contributed by atoms with Crippen molar-refractivity contribution in [3.63, 3.8) is 0 Å². The van der Waals surface area contributed by atoms with Crippen LogP contribution in [0.1, 0.15) is 24.7 Å². The van der Waals surface area contributed by atoms with Crippen LogP contribution in [0.15, 0.2) is 52.3 Å². The summed E-state index contributed by atoms with van der Waals surface area (Å²) in [5.74, 6) is 1.71. The number of benzene rings is 2. The van der Waals surface area contributed by atoms with Gasteiger partial charge in [0, 0.05) is 24.5 Å². The van der Waals surface area contributed by atoms with Crippen LogP contribution in [0.2, 0.25) is 0 Å². The third-order valence-electron chi connectivity index (χ3n) is 5.24. The Labute approximate surface area is 182 Å². The standard InChI is InChI=1S/C22H27N3O3S2/c1-3-10-25-21-9-8-19(30(26,27)24-11-13-28-14-12-24)15-20(21)23-22(25)16-29-18-6-4-17(2)5-7-18/h4-9,15H,3,10-14,16H2,1-2H3. The normalized spacial score (nSPS) is 15.7. The van der Waals surface area contributed by atoms with Crippen molar-refractivity contribution in [2.45, 2.75) is 42.4 Å². The van der Waals surface area contributed by atoms with Gasteiger partial charge in [0.05, 0.1) is 34.9 Å². The topological polar surface area (TPSA) is 64.4 Å². The van der Waals surface area contributed by atoms with Gasteiger partial charge in [-0.05, 0) is 43.7 Å². The third-order valence-corrected chi connectivity index (χ3v) is 8.15. The van der Waals surface area contributed by atoms with Crippen molar-refractivity contribution in [2.75, 3.05) is 26.3 Å². The second-order valence-electron chi connectivity index (χ2n) is 7.45. The number of hydrogen-bond acceptors (Lipinski definition) is 5. The maximum atomic E-state index is 13.0. The summed E-state index contributed by atoms with van der Waals surface area (Å²) < 4.78 is 35.0. The van der Waals surface area contributed by atoms with E-state index >= 15 is 0 Å². The van der Waals surface area contributed by atoms with Gasteiger partial charge in [0.2, 0.25) is 10.0 Å². The first-order chi connectivity index (χ1) is 14.5. The van der Waals surface area contributed by atoms with Gasteiger partial charge in [-0.15, -0.1) is 11.8 Å². The molecule has 0 atom stereocenters. The lowest BCUT2D eigenvalue weighted by Crippen LogP contribution is -2.40. The van der Waals surface area contributed by atoms with Gasteiger partial charge in [-0.2, -0.15) is 4.31 Å². The van der Waals surface area contributed by atoms with Crippen LogP contribution in [0, 0.1) is 6.92 Å². The fourth-order valence-electron chi connectivity index (χ4n) is 3.62. The fourth-order valence-corrected chi connectivity index (χ4v) is 5.89. The van der Waals surface area contributed by atoms with Gasteiger partial charge >= 0.3 is 0 Å². The Kier molecular flexibility index (Phi) is 6.48. The van der Waals surface area contributed by atoms with E-state index in [1.807, 2.05) is 6.07 Å². The number of morpholine rings is 1. The first kappa shape index (κ1) is 21.4. The predicted molar refractivity (Wildman–Crippen MR) is 120 cm³/mol. The molecule has 6 nitrogen and oxygen atoms in total. The highest BCUT2D eigenvalue weighted by Crippen LogP contribution is 2.28. The Hall–Kier alpha value is -1.87. The maximum absolute atomic E-state index is 13.0. The van der Waals surface area contributed by atoms with E-state index in [1.54, 1.807) is 23.9 Å². The Morgan fingerprint density at radius 3 is 2.53 bits per heavy atom. The SMILES string of the molecule is CCCn1c(CSc2ccc(C)cc2)nc2cc(S(=O)(=O)N3CCOCC3)ccc21. The van der Waals surface area contributed by atoms with Crippen LogP contribution in [0.5, 0.6) is 0 Å². The number of aryl methyl sites for hydroxylation is 2. The van der Waals surface area contributed by atoms with E-state index in [-0.39, 0.29) is 0 Å². The van der Waals surface area contributed by atoms with Crippen molar-refractivity contribution in [2.24, 2.45) is 0 Å². The Morgan fingerprint density at radius 1 is 1.10 bits per heavy atom. The average molecular weight is 446 g/mol. The summed E-state index contributed by atoms with van der Waals surface area (Å²) in [5, 5.41) is 0. The van der Waals surface area contributed by atoms with Crippen LogP contribution in [-0.4, -0.2) is 48.6 Å². The van der Waals surface area contributed by atoms with Gasteiger partial charge in [-0.1, -0.05) is 24.6 Å². The number of hydrogen-bond donors (Lipinski definition) is 0. The number of aromatic nitrogens is 2. The van der Waals surface area contributed by atoms with Gasteiger partial charge in [-0.3, -0.25) is 0 Å². The zero-order valence-electron chi connectivity index (χ0n) is 17.4. The lowest BCUT2D eigenvalue weighted by atomic mass is 10.2. The Balaban J connectivity index is 1.64. The zero-order valence-corrected chi connectivity index (χ0v) is 19.0. The van der Waals surface area contributed by atoms with Crippen LogP contribution in [-0.2, 0) is 27.1 Å². The quantitative estimate of drug-likeness (QED) is 0.513. The van der Waals surface area contributed by atoms with Crippen LogP contribution in [0.4, 0.5) is 0 Å². The molecule has 0 aliphatic carbocycles. The highest BCUT2D eigenvalue weighted by atomic mass is 32.2. The van der Waals surface area contributed by atoms with Crippen molar-refractivity contribution in [1.29, 1.82) is 0 Å². The first-order valence-electron chi connectivity index (χ1n) is 10.3. The molecule has 0 amide bonds. The van der Waals surface area contributed by atoms with Crippen molar-refractivity contribution in [1.82, 2.24) is 13.9 Å². The molecule has 1 fully saturated rings. The van der Waals surface area contributed by atoms with E-state index in [0.717, 1.165) is 35.6 Å². The summed E-state index contributed by atoms with van der Waals surface area (Å²) in [7, 11) is -3.53. The Morgan fingerprint density at radius 2 is 1.83 bits per heavy atom. The van der Waals surface area contributed by atoms with Gasteiger partial charge in [0.1, 0.15) is 5.82 Å². The summed E-state index contributed by atoms with van der Waals surface area (Å²) in [6.07, 6.45) is 0.988. The number of ether oxygens (including phenoxy) is 1. The molecule has 1 aliphatic heterocycles. The van der Waals surface area contributed by atoms with Crippen LogP contribution >= 0.6 is 11.8 Å². The molecular weight excluding hydrogens is 418 g/mol. The van der Waals surface area contributed by atoms with Crippen LogP contribution < -0.4 is 0 Å². The molecule has 0 spiro atoms. The second-order valence-corrected chi connectivity index (χ2v) is 10.4. The van der Waals surface area contributed by atoms with Gasteiger partial charge < -0.3 is 9.30 Å². The van der Waals surface area contributed by atoms with E-state index in [2.05, 4.69) is 42.7 Å². The number of thioether (sulfide) groups is 1. The molecule has 0 radical (unpaired) electrons. The molecule has 2 aromatic carbocycles. The Bertz CT molecular complexity index is 1120. The fraction of sp³-hybridized carbons (Fsp3) is 0.409. The van der Waals surface area contributed by atoms with E-state index in [0.29, 0.717) is 31.2 Å². The lowest BCUT2D eigenvalue weighted by Gasteiger charge is -2.26. The maximum Gasteiger partial charge on any atom is 0.243 e. The van der Waals surface area contributed by atoms with Gasteiger partial charge in [0.15, 0.2) is 0 Å². The molecule has 160 valence electrons. The molecule has 0 saturated carbocycles. The van der Waals surface area contributed by atoms with Crippen LogP contribution in [0.3, 0.4) is 0 Å². The number of sulfonamides is 1. The van der Waals surface area contributed by atoms with E-state index in [9.17, 15) is 8.42 Å². The number of fused-ring (bicyclic) bond motifs is 1. The highest BCUT2D eigenvalue weighted by Gasteiger charge is 2.27. The van der Waals surface area contributed by atoms with E-state index in [1.165, 1.54) is 14.8 Å². The molecule has 30 heavy (non-hydrogen) atoms. The summed E-state index contributed by atoms with van der Waals surface area (Å²) in [5.41, 5.74) is 2.96.